The second kappa shape index (κ2) is 8.50. The maximum Gasteiger partial charge on any atom is 0.262 e. The molecule has 0 radical (unpaired) electrons. The predicted octanol–water partition coefficient (Wildman–Crippen LogP) is 3.16. The Labute approximate surface area is 154 Å². The Hall–Kier alpha value is -3.13. The van der Waals surface area contributed by atoms with E-state index in [4.69, 9.17) is 4.74 Å². The van der Waals surface area contributed by atoms with E-state index < -0.39 is 11.6 Å². The molecule has 0 atom stereocenters. The first kappa shape index (κ1) is 18.7. The summed E-state index contributed by atoms with van der Waals surface area (Å²) in [5.41, 5.74) is 2.61. The van der Waals surface area contributed by atoms with Crippen LogP contribution < -0.4 is 11.0 Å². The van der Waals surface area contributed by atoms with Crippen LogP contribution in [0.5, 0.6) is 0 Å². The fourth-order valence-electron chi connectivity index (χ4n) is 2.62. The van der Waals surface area contributed by atoms with Crippen molar-refractivity contribution < 1.29 is 13.5 Å². The van der Waals surface area contributed by atoms with Crippen molar-refractivity contribution in [1.82, 2.24) is 9.55 Å². The zero-order chi connectivity index (χ0) is 19.2. The molecule has 1 heterocycles. The molecule has 0 unspecified atom stereocenters. The van der Waals surface area contributed by atoms with E-state index in [9.17, 15) is 13.6 Å². The van der Waals surface area contributed by atoms with E-state index in [1.54, 1.807) is 31.4 Å². The molecule has 8 heteroatoms. The van der Waals surface area contributed by atoms with Crippen LogP contribution in [0.2, 0.25) is 0 Å². The quantitative estimate of drug-likeness (QED) is 0.393. The second-order valence-corrected chi connectivity index (χ2v) is 5.76. The molecular formula is C19H18F2N4O2. The van der Waals surface area contributed by atoms with Crippen molar-refractivity contribution in [3.63, 3.8) is 0 Å². The second-order valence-electron chi connectivity index (χ2n) is 5.76. The number of nitrogens with zero attached hydrogens (tertiary/aromatic N) is 3. The Bertz CT molecular complexity index is 1010. The Kier molecular flexibility index (Phi) is 5.87. The molecule has 0 saturated heterocycles. The van der Waals surface area contributed by atoms with Gasteiger partial charge in [0.05, 0.1) is 22.7 Å². The molecule has 1 N–H and O–H groups in total. The Morgan fingerprint density at radius 3 is 2.67 bits per heavy atom. The molecule has 27 heavy (non-hydrogen) atoms. The van der Waals surface area contributed by atoms with Crippen LogP contribution in [0.3, 0.4) is 0 Å². The molecule has 0 fully saturated rings. The molecule has 6 nitrogen and oxygen atoms in total. The number of methoxy groups -OCH3 is 1. The number of hydrogen-bond acceptors (Lipinski definition) is 5. The van der Waals surface area contributed by atoms with Gasteiger partial charge in [0.25, 0.3) is 5.56 Å². The average molecular weight is 372 g/mol. The third kappa shape index (κ3) is 4.17. The van der Waals surface area contributed by atoms with Crippen molar-refractivity contribution in [3.8, 4) is 0 Å². The number of benzene rings is 2. The summed E-state index contributed by atoms with van der Waals surface area (Å²) in [6.07, 6.45) is 1.61. The van der Waals surface area contributed by atoms with Crippen molar-refractivity contribution in [2.75, 3.05) is 19.1 Å². The van der Waals surface area contributed by atoms with Crippen LogP contribution >= 0.6 is 0 Å². The molecule has 0 aliphatic heterocycles. The van der Waals surface area contributed by atoms with E-state index >= 15 is 0 Å². The predicted molar refractivity (Wildman–Crippen MR) is 100 cm³/mol. The molecule has 0 aliphatic carbocycles. The largest absolute Gasteiger partial charge is 0.385 e. The number of ether oxygens (including phenoxy) is 1. The number of anilines is 1. The van der Waals surface area contributed by atoms with Gasteiger partial charge in [0.15, 0.2) is 0 Å². The van der Waals surface area contributed by atoms with E-state index in [0.29, 0.717) is 30.5 Å². The molecular weight excluding hydrogens is 354 g/mol. The number of para-hydroxylation sites is 1. The molecule has 140 valence electrons. The normalized spacial score (nSPS) is 11.4. The van der Waals surface area contributed by atoms with Crippen LogP contribution in [0.25, 0.3) is 10.9 Å². The summed E-state index contributed by atoms with van der Waals surface area (Å²) >= 11 is 0. The number of halogens is 2. The van der Waals surface area contributed by atoms with Gasteiger partial charge in [0, 0.05) is 20.3 Å². The minimum Gasteiger partial charge on any atom is -0.385 e. The summed E-state index contributed by atoms with van der Waals surface area (Å²) in [5.74, 6) is -1.28. The molecule has 3 rings (SSSR count). The van der Waals surface area contributed by atoms with Gasteiger partial charge < -0.3 is 4.74 Å². The third-order valence-corrected chi connectivity index (χ3v) is 3.95. The lowest BCUT2D eigenvalue weighted by Crippen LogP contribution is -2.25. The summed E-state index contributed by atoms with van der Waals surface area (Å²) in [6, 6.07) is 10.5. The van der Waals surface area contributed by atoms with Crippen LogP contribution in [0.4, 0.5) is 14.7 Å². The third-order valence-electron chi connectivity index (χ3n) is 3.95. The van der Waals surface area contributed by atoms with E-state index in [-0.39, 0.29) is 17.1 Å². The smallest absolute Gasteiger partial charge is 0.262 e. The van der Waals surface area contributed by atoms with Crippen LogP contribution in [-0.2, 0) is 11.3 Å². The van der Waals surface area contributed by atoms with Crippen molar-refractivity contribution in [1.29, 1.82) is 0 Å². The topological polar surface area (TPSA) is 68.5 Å². The highest BCUT2D eigenvalue weighted by molar-refractivity contribution is 5.81. The van der Waals surface area contributed by atoms with Gasteiger partial charge in [0.2, 0.25) is 5.95 Å². The molecule has 1 aromatic heterocycles. The number of hydrogen-bond donors (Lipinski definition) is 1. The number of fused-ring (bicyclic) bond motifs is 1. The summed E-state index contributed by atoms with van der Waals surface area (Å²) in [6.45, 7) is 0.832. The van der Waals surface area contributed by atoms with Crippen molar-refractivity contribution in [3.05, 3.63) is 70.0 Å². The first-order chi connectivity index (χ1) is 13.1. The van der Waals surface area contributed by atoms with Crippen LogP contribution in [0.15, 0.2) is 52.4 Å². The number of hydrazone groups is 1. The monoisotopic (exact) mass is 372 g/mol. The number of aromatic nitrogens is 2. The minimum absolute atomic E-state index is 0.183. The van der Waals surface area contributed by atoms with Gasteiger partial charge in [-0.2, -0.15) is 5.10 Å². The molecule has 0 bridgehead atoms. The van der Waals surface area contributed by atoms with E-state index in [2.05, 4.69) is 15.5 Å². The van der Waals surface area contributed by atoms with Gasteiger partial charge in [-0.15, -0.1) is 0 Å². The lowest BCUT2D eigenvalue weighted by atomic mass is 10.2. The van der Waals surface area contributed by atoms with Gasteiger partial charge in [0.1, 0.15) is 11.6 Å². The molecule has 0 spiro atoms. The van der Waals surface area contributed by atoms with Crippen LogP contribution in [0.1, 0.15) is 12.0 Å². The van der Waals surface area contributed by atoms with Gasteiger partial charge in [-0.05, 0) is 30.7 Å². The lowest BCUT2D eigenvalue weighted by molar-refractivity contribution is 0.190. The van der Waals surface area contributed by atoms with Crippen LogP contribution in [-0.4, -0.2) is 29.5 Å². The van der Waals surface area contributed by atoms with E-state index in [1.807, 2.05) is 0 Å². The number of rotatable bonds is 7. The minimum atomic E-state index is -0.732. The molecule has 3 aromatic rings. The Morgan fingerprint density at radius 1 is 1.19 bits per heavy atom. The molecule has 0 saturated carbocycles. The lowest BCUT2D eigenvalue weighted by Gasteiger charge is -2.12. The summed E-state index contributed by atoms with van der Waals surface area (Å²) in [4.78, 5) is 17.2. The molecule has 2 aromatic carbocycles. The molecule has 0 aliphatic rings. The first-order valence-electron chi connectivity index (χ1n) is 8.33. The van der Waals surface area contributed by atoms with Gasteiger partial charge in [-0.25, -0.2) is 19.2 Å². The van der Waals surface area contributed by atoms with Crippen molar-refractivity contribution >= 4 is 23.1 Å². The fraction of sp³-hybridized carbons (Fsp3) is 0.211. The van der Waals surface area contributed by atoms with Gasteiger partial charge in [-0.3, -0.25) is 9.36 Å². The van der Waals surface area contributed by atoms with Crippen molar-refractivity contribution in [2.24, 2.45) is 5.10 Å². The van der Waals surface area contributed by atoms with E-state index in [1.165, 1.54) is 10.6 Å². The Morgan fingerprint density at radius 2 is 1.93 bits per heavy atom. The summed E-state index contributed by atoms with van der Waals surface area (Å²) < 4.78 is 33.8. The highest BCUT2D eigenvalue weighted by Gasteiger charge is 2.11. The maximum atomic E-state index is 13.7. The number of nitrogens with one attached hydrogen (secondary N) is 1. The van der Waals surface area contributed by atoms with Gasteiger partial charge >= 0.3 is 0 Å². The summed E-state index contributed by atoms with van der Waals surface area (Å²) in [5, 5.41) is 4.34. The summed E-state index contributed by atoms with van der Waals surface area (Å²) in [7, 11) is 1.58. The van der Waals surface area contributed by atoms with Crippen LogP contribution in [0, 0.1) is 11.6 Å². The van der Waals surface area contributed by atoms with E-state index in [0.717, 1.165) is 18.3 Å². The average Bonchev–Trinajstić information content (AvgIpc) is 2.66. The maximum absolute atomic E-state index is 13.7. The van der Waals surface area contributed by atoms with Crippen molar-refractivity contribution in [2.45, 2.75) is 13.0 Å². The molecule has 0 amide bonds. The fourth-order valence-corrected chi connectivity index (χ4v) is 2.62. The standard InChI is InChI=1S/C19H18F2N4O2/c1-27-11-5-10-25-18(26)13-6-2-3-9-17(13)23-19(25)24-22-12-14-15(20)7-4-8-16(14)21/h2-4,6-9,12H,5,10-11H2,1H3,(H,23,24)/b22-12-. The highest BCUT2D eigenvalue weighted by Crippen LogP contribution is 2.13. The highest BCUT2D eigenvalue weighted by atomic mass is 19.1. The zero-order valence-electron chi connectivity index (χ0n) is 14.7. The SMILES string of the molecule is COCCCn1c(N/N=C\c2c(F)cccc2F)nc2ccccc2c1=O. The zero-order valence-corrected chi connectivity index (χ0v) is 14.7. The van der Waals surface area contributed by atoms with Gasteiger partial charge in [-0.1, -0.05) is 18.2 Å². The first-order valence-corrected chi connectivity index (χ1v) is 8.33. The Balaban J connectivity index is 1.95.